The van der Waals surface area contributed by atoms with Crippen molar-refractivity contribution in [2.75, 3.05) is 0 Å². The van der Waals surface area contributed by atoms with E-state index in [9.17, 15) is 0 Å². The van der Waals surface area contributed by atoms with Crippen molar-refractivity contribution in [3.63, 3.8) is 0 Å². The summed E-state index contributed by atoms with van der Waals surface area (Å²) in [5.74, 6) is 0. The molecule has 0 heterocycles. The van der Waals surface area contributed by atoms with Gasteiger partial charge in [0.1, 0.15) is 0 Å². The van der Waals surface area contributed by atoms with Crippen molar-refractivity contribution in [2.24, 2.45) is 0 Å². The van der Waals surface area contributed by atoms with Crippen molar-refractivity contribution in [2.45, 2.75) is 19.8 Å². The molecule has 92 valence electrons. The lowest BCUT2D eigenvalue weighted by Crippen LogP contribution is -1.97. The van der Waals surface area contributed by atoms with Crippen LogP contribution in [0.4, 0.5) is 0 Å². The highest BCUT2D eigenvalue weighted by atomic mass is 14.2. The number of aryl methyl sites for hydroxylation is 2. The third-order valence-corrected chi connectivity index (χ3v) is 4.18. The van der Waals surface area contributed by atoms with Gasteiger partial charge >= 0.3 is 0 Å². The number of rotatable bonds is 0. The van der Waals surface area contributed by atoms with E-state index in [0.29, 0.717) is 0 Å². The standard InChI is InChI=1S/C19H16/c1-13-10-11-18-16-8-3-2-6-14(16)15-7-4-5-9-17(15)19(18)12-13/h2-3,5-6,8-12H,4,7H2,1H3. The molecule has 0 nitrogen and oxygen atoms in total. The lowest BCUT2D eigenvalue weighted by molar-refractivity contribution is 1.00. The van der Waals surface area contributed by atoms with Crippen molar-refractivity contribution in [1.82, 2.24) is 0 Å². The molecule has 1 aliphatic carbocycles. The minimum absolute atomic E-state index is 1.16. The summed E-state index contributed by atoms with van der Waals surface area (Å²) in [6, 6.07) is 15.6. The smallest absolute Gasteiger partial charge is 0.00990 e. The van der Waals surface area contributed by atoms with Crippen LogP contribution in [0.2, 0.25) is 0 Å². The zero-order valence-corrected chi connectivity index (χ0v) is 11.1. The van der Waals surface area contributed by atoms with Crippen molar-refractivity contribution in [3.8, 4) is 0 Å². The normalized spacial score (nSPS) is 13.9. The SMILES string of the molecule is Cc1ccc2c(c1)c1c(c3ccccc32)CCC=C1. The summed E-state index contributed by atoms with van der Waals surface area (Å²) in [4.78, 5) is 0. The predicted molar refractivity (Wildman–Crippen MR) is 83.5 cm³/mol. The Morgan fingerprint density at radius 2 is 1.63 bits per heavy atom. The molecule has 0 unspecified atom stereocenters. The lowest BCUT2D eigenvalue weighted by atomic mass is 9.86. The molecule has 0 N–H and O–H groups in total. The van der Waals surface area contributed by atoms with E-state index in [2.05, 4.69) is 61.5 Å². The zero-order chi connectivity index (χ0) is 12.8. The third-order valence-electron chi connectivity index (χ3n) is 4.18. The number of benzene rings is 3. The Morgan fingerprint density at radius 3 is 2.53 bits per heavy atom. The second kappa shape index (κ2) is 3.96. The van der Waals surface area contributed by atoms with Crippen LogP contribution in [0.1, 0.15) is 23.1 Å². The van der Waals surface area contributed by atoms with Crippen LogP contribution in [0.5, 0.6) is 0 Å². The van der Waals surface area contributed by atoms with E-state index < -0.39 is 0 Å². The molecule has 0 atom stereocenters. The fourth-order valence-electron chi connectivity index (χ4n) is 3.29. The molecule has 0 amide bonds. The maximum atomic E-state index is 2.33. The fourth-order valence-corrected chi connectivity index (χ4v) is 3.29. The van der Waals surface area contributed by atoms with Gasteiger partial charge in [0.25, 0.3) is 0 Å². The zero-order valence-electron chi connectivity index (χ0n) is 11.1. The molecular formula is C19H16. The summed E-state index contributed by atoms with van der Waals surface area (Å²) in [5, 5.41) is 5.61. The highest BCUT2D eigenvalue weighted by molar-refractivity contribution is 6.13. The summed E-state index contributed by atoms with van der Waals surface area (Å²) >= 11 is 0. The number of allylic oxidation sites excluding steroid dienone is 1. The summed E-state index contributed by atoms with van der Waals surface area (Å²) in [6.45, 7) is 2.17. The van der Waals surface area contributed by atoms with Gasteiger partial charge in [-0.25, -0.2) is 0 Å². The van der Waals surface area contributed by atoms with Gasteiger partial charge in [-0.2, -0.15) is 0 Å². The molecule has 0 bridgehead atoms. The van der Waals surface area contributed by atoms with Gasteiger partial charge in [-0.1, -0.05) is 60.2 Å². The van der Waals surface area contributed by atoms with Gasteiger partial charge < -0.3 is 0 Å². The van der Waals surface area contributed by atoms with Crippen LogP contribution < -0.4 is 0 Å². The Bertz CT molecular complexity index is 822. The molecule has 0 fully saturated rings. The average molecular weight is 244 g/mol. The summed E-state index contributed by atoms with van der Waals surface area (Å²) in [5.41, 5.74) is 4.30. The summed E-state index contributed by atoms with van der Waals surface area (Å²) in [7, 11) is 0. The largest absolute Gasteiger partial charge is 0.0836 e. The Labute approximate surface area is 113 Å². The molecule has 19 heavy (non-hydrogen) atoms. The van der Waals surface area contributed by atoms with Crippen LogP contribution in [0.3, 0.4) is 0 Å². The molecule has 4 rings (SSSR count). The average Bonchev–Trinajstić information content (AvgIpc) is 2.47. The molecule has 3 aromatic carbocycles. The minimum atomic E-state index is 1.16. The Hall–Kier alpha value is -2.08. The predicted octanol–water partition coefficient (Wildman–Crippen LogP) is 5.26. The van der Waals surface area contributed by atoms with Gasteiger partial charge in [-0.3, -0.25) is 0 Å². The van der Waals surface area contributed by atoms with Crippen LogP contribution in [0.15, 0.2) is 48.5 Å². The highest BCUT2D eigenvalue weighted by Crippen LogP contribution is 2.36. The van der Waals surface area contributed by atoms with Crippen LogP contribution in [-0.2, 0) is 6.42 Å². The van der Waals surface area contributed by atoms with Crippen LogP contribution in [0.25, 0.3) is 27.6 Å². The number of fused-ring (bicyclic) bond motifs is 6. The molecule has 0 heteroatoms. The molecule has 0 spiro atoms. The van der Waals surface area contributed by atoms with Gasteiger partial charge in [0.2, 0.25) is 0 Å². The second-order valence-electron chi connectivity index (χ2n) is 5.43. The van der Waals surface area contributed by atoms with Gasteiger partial charge in [0.15, 0.2) is 0 Å². The van der Waals surface area contributed by atoms with E-state index in [1.165, 1.54) is 38.2 Å². The van der Waals surface area contributed by atoms with E-state index in [0.717, 1.165) is 12.8 Å². The summed E-state index contributed by atoms with van der Waals surface area (Å²) < 4.78 is 0. The second-order valence-corrected chi connectivity index (χ2v) is 5.43. The van der Waals surface area contributed by atoms with E-state index in [1.54, 1.807) is 0 Å². The van der Waals surface area contributed by atoms with Gasteiger partial charge in [0.05, 0.1) is 0 Å². The Kier molecular flexibility index (Phi) is 2.25. The maximum Gasteiger partial charge on any atom is -0.00990 e. The van der Waals surface area contributed by atoms with Gasteiger partial charge in [-0.15, -0.1) is 0 Å². The minimum Gasteiger partial charge on any atom is -0.0836 e. The van der Waals surface area contributed by atoms with Crippen LogP contribution >= 0.6 is 0 Å². The van der Waals surface area contributed by atoms with Gasteiger partial charge in [0, 0.05) is 0 Å². The van der Waals surface area contributed by atoms with Crippen molar-refractivity contribution >= 4 is 27.6 Å². The topological polar surface area (TPSA) is 0 Å². The molecule has 0 radical (unpaired) electrons. The fraction of sp³-hybridized carbons (Fsp3) is 0.158. The molecule has 0 saturated heterocycles. The summed E-state index contributed by atoms with van der Waals surface area (Å²) in [6.07, 6.45) is 6.94. The third kappa shape index (κ3) is 1.53. The maximum absolute atomic E-state index is 2.33. The molecule has 0 saturated carbocycles. The molecular weight excluding hydrogens is 228 g/mol. The number of hydrogen-bond acceptors (Lipinski definition) is 0. The molecule has 0 aromatic heterocycles. The first-order chi connectivity index (χ1) is 9.34. The molecule has 0 aliphatic heterocycles. The van der Waals surface area contributed by atoms with Crippen LogP contribution in [-0.4, -0.2) is 0 Å². The molecule has 3 aromatic rings. The van der Waals surface area contributed by atoms with Crippen molar-refractivity contribution in [1.29, 1.82) is 0 Å². The Morgan fingerprint density at radius 1 is 0.842 bits per heavy atom. The van der Waals surface area contributed by atoms with E-state index in [1.807, 2.05) is 0 Å². The highest BCUT2D eigenvalue weighted by Gasteiger charge is 2.14. The van der Waals surface area contributed by atoms with E-state index in [-0.39, 0.29) is 0 Å². The van der Waals surface area contributed by atoms with E-state index >= 15 is 0 Å². The monoisotopic (exact) mass is 244 g/mol. The Balaban J connectivity index is 2.31. The number of hydrogen-bond donors (Lipinski definition) is 0. The molecule has 1 aliphatic rings. The lowest BCUT2D eigenvalue weighted by Gasteiger charge is -2.18. The first-order valence-electron chi connectivity index (χ1n) is 6.95. The van der Waals surface area contributed by atoms with Gasteiger partial charge in [-0.05, 0) is 52.4 Å². The van der Waals surface area contributed by atoms with Crippen molar-refractivity contribution < 1.29 is 0 Å². The van der Waals surface area contributed by atoms with Crippen molar-refractivity contribution in [3.05, 3.63) is 65.2 Å². The first-order valence-corrected chi connectivity index (χ1v) is 6.95. The van der Waals surface area contributed by atoms with E-state index in [4.69, 9.17) is 0 Å². The van der Waals surface area contributed by atoms with Crippen LogP contribution in [0, 0.1) is 6.92 Å². The quantitative estimate of drug-likeness (QED) is 0.473. The first kappa shape index (κ1) is 10.8.